The lowest BCUT2D eigenvalue weighted by Gasteiger charge is -2.38. The van der Waals surface area contributed by atoms with Gasteiger partial charge in [0.2, 0.25) is 5.91 Å². The highest BCUT2D eigenvalue weighted by atomic mass is 35.5. The molecule has 5 nitrogen and oxygen atoms in total. The molecule has 44 heavy (non-hydrogen) atoms. The molecule has 7 heteroatoms. The van der Waals surface area contributed by atoms with Crippen molar-refractivity contribution in [3.8, 4) is 0 Å². The van der Waals surface area contributed by atoms with Crippen LogP contribution in [0, 0.1) is 11.8 Å². The molecule has 1 saturated heterocycles. The van der Waals surface area contributed by atoms with Gasteiger partial charge in [-0.1, -0.05) is 104 Å². The van der Waals surface area contributed by atoms with Crippen molar-refractivity contribution in [3.05, 3.63) is 141 Å². The van der Waals surface area contributed by atoms with Gasteiger partial charge in [0.25, 0.3) is 0 Å². The summed E-state index contributed by atoms with van der Waals surface area (Å²) in [6.45, 7) is 4.30. The summed E-state index contributed by atoms with van der Waals surface area (Å²) in [5.74, 6) is -1.52. The van der Waals surface area contributed by atoms with Crippen LogP contribution < -0.4 is 5.32 Å². The van der Waals surface area contributed by atoms with Gasteiger partial charge in [0.1, 0.15) is 11.5 Å². The van der Waals surface area contributed by atoms with Crippen LogP contribution in [0.25, 0.3) is 6.08 Å². The summed E-state index contributed by atoms with van der Waals surface area (Å²) in [6.07, 6.45) is 4.68. The first-order valence-corrected chi connectivity index (χ1v) is 15.6. The van der Waals surface area contributed by atoms with Crippen LogP contribution in [0.15, 0.2) is 97.2 Å². The van der Waals surface area contributed by atoms with E-state index in [0.29, 0.717) is 27.8 Å². The maximum absolute atomic E-state index is 15.0. The average Bonchev–Trinajstić information content (AvgIpc) is 3.49. The minimum atomic E-state index is -1.40. The largest absolute Gasteiger partial charge is 0.358 e. The number of hydrogen-bond donors (Lipinski definition) is 1. The van der Waals surface area contributed by atoms with Crippen molar-refractivity contribution in [1.29, 1.82) is 0 Å². The summed E-state index contributed by atoms with van der Waals surface area (Å²) in [5, 5.41) is 3.68. The zero-order chi connectivity index (χ0) is 30.7. The van der Waals surface area contributed by atoms with Gasteiger partial charge >= 0.3 is 0 Å². The molecule has 4 atom stereocenters. The molecular formula is C37H30Cl2N2O3. The monoisotopic (exact) mass is 620 g/mol. The molecule has 1 spiro atoms. The molecule has 1 N–H and O–H groups in total. The summed E-state index contributed by atoms with van der Waals surface area (Å²) < 4.78 is 0. The van der Waals surface area contributed by atoms with E-state index >= 15 is 4.79 Å². The van der Waals surface area contributed by atoms with Crippen molar-refractivity contribution >= 4 is 52.4 Å². The third-order valence-corrected chi connectivity index (χ3v) is 9.75. The summed E-state index contributed by atoms with van der Waals surface area (Å²) >= 11 is 12.8. The van der Waals surface area contributed by atoms with E-state index in [1.54, 1.807) is 12.1 Å². The van der Waals surface area contributed by atoms with Crippen LogP contribution in [0.5, 0.6) is 0 Å². The van der Waals surface area contributed by atoms with E-state index in [0.717, 1.165) is 23.1 Å². The second-order valence-corrected chi connectivity index (χ2v) is 13.1. The number of para-hydroxylation sites is 1. The molecule has 0 saturated carbocycles. The molecule has 3 aliphatic rings. The number of nitrogens with one attached hydrogen (secondary N) is 1. The second-order valence-electron chi connectivity index (χ2n) is 12.2. The fourth-order valence-electron chi connectivity index (χ4n) is 7.47. The number of hydrogen-bond acceptors (Lipinski definition) is 4. The molecule has 0 radical (unpaired) electrons. The van der Waals surface area contributed by atoms with Crippen LogP contribution in [-0.2, 0) is 16.6 Å². The molecule has 0 unspecified atom stereocenters. The van der Waals surface area contributed by atoms with Crippen LogP contribution in [-0.4, -0.2) is 28.4 Å². The van der Waals surface area contributed by atoms with Crippen molar-refractivity contribution in [2.75, 3.05) is 5.32 Å². The summed E-state index contributed by atoms with van der Waals surface area (Å²) in [5.41, 5.74) is 3.60. The van der Waals surface area contributed by atoms with Gasteiger partial charge in [-0.15, -0.1) is 0 Å². The van der Waals surface area contributed by atoms with Crippen LogP contribution in [0.1, 0.15) is 62.9 Å². The number of fused-ring (bicyclic) bond motifs is 6. The lowest BCUT2D eigenvalue weighted by atomic mass is 9.62. The number of Topliss-reactive ketones (excluding diaryl/α,β-unsaturated/α-hetero) is 2. The Morgan fingerprint density at radius 1 is 0.909 bits per heavy atom. The maximum Gasteiger partial charge on any atom is 0.238 e. The maximum atomic E-state index is 15.0. The number of carbonyl (C=O) groups is 3. The van der Waals surface area contributed by atoms with Crippen molar-refractivity contribution in [1.82, 2.24) is 4.90 Å². The van der Waals surface area contributed by atoms with Gasteiger partial charge in [0.05, 0.1) is 17.0 Å². The third-order valence-electron chi connectivity index (χ3n) is 9.20. The second kappa shape index (κ2) is 10.8. The number of rotatable bonds is 6. The Kier molecular flexibility index (Phi) is 6.99. The Balaban J connectivity index is 1.49. The molecule has 3 aliphatic heterocycles. The standard InChI is InChI=1S/C37H30Cl2N2O3/c1-21(2)19-22-11-13-24(14-12-22)33(42)31-32(34(43)27-16-15-25(38)20-29(27)39)41-18-17-23-7-3-4-8-26(23)35(41)37(31)28-9-5-6-10-30(28)40-36(37)44/h3-18,20-21,31-32,35H,19H2,1-2H3,(H,40,44)/t31-,32+,35+,37+/m0/s1. The quantitative estimate of drug-likeness (QED) is 0.221. The molecule has 7 rings (SSSR count). The Hall–Kier alpha value is -4.19. The van der Waals surface area contributed by atoms with E-state index in [9.17, 15) is 9.59 Å². The van der Waals surface area contributed by atoms with E-state index in [2.05, 4.69) is 19.2 Å². The Bertz CT molecular complexity index is 1870. The molecule has 220 valence electrons. The van der Waals surface area contributed by atoms with E-state index < -0.39 is 23.4 Å². The molecule has 1 fully saturated rings. The molecule has 0 aromatic heterocycles. The highest BCUT2D eigenvalue weighted by molar-refractivity contribution is 6.37. The van der Waals surface area contributed by atoms with Crippen molar-refractivity contribution < 1.29 is 14.4 Å². The fourth-order valence-corrected chi connectivity index (χ4v) is 7.97. The predicted octanol–water partition coefficient (Wildman–Crippen LogP) is 8.17. The minimum Gasteiger partial charge on any atom is -0.358 e. The highest BCUT2D eigenvalue weighted by Gasteiger charge is 2.70. The number of amides is 1. The van der Waals surface area contributed by atoms with Gasteiger partial charge < -0.3 is 10.2 Å². The average molecular weight is 622 g/mol. The number of halogens is 2. The first kappa shape index (κ1) is 28.6. The van der Waals surface area contributed by atoms with Crippen molar-refractivity contribution in [3.63, 3.8) is 0 Å². The third kappa shape index (κ3) is 4.25. The summed E-state index contributed by atoms with van der Waals surface area (Å²) in [6, 6.07) is 26.0. The zero-order valence-electron chi connectivity index (χ0n) is 24.3. The van der Waals surface area contributed by atoms with Crippen LogP contribution in [0.4, 0.5) is 5.69 Å². The Morgan fingerprint density at radius 3 is 2.39 bits per heavy atom. The molecule has 0 bridgehead atoms. The van der Waals surface area contributed by atoms with Crippen LogP contribution in [0.2, 0.25) is 10.0 Å². The molecule has 0 aliphatic carbocycles. The smallest absolute Gasteiger partial charge is 0.238 e. The Labute approximate surface area is 266 Å². The number of ketones is 2. The number of benzene rings is 4. The SMILES string of the molecule is CC(C)Cc1ccc(C(=O)[C@@H]2[C@H](C(=O)c3ccc(Cl)cc3Cl)N3C=Cc4ccccc4[C@@H]3[C@]23C(=O)Nc2ccccc23)cc1. The van der Waals surface area contributed by atoms with E-state index in [1.807, 2.05) is 90.0 Å². The lowest BCUT2D eigenvalue weighted by Crippen LogP contribution is -2.49. The predicted molar refractivity (Wildman–Crippen MR) is 174 cm³/mol. The van der Waals surface area contributed by atoms with Gasteiger partial charge in [-0.2, -0.15) is 0 Å². The van der Waals surface area contributed by atoms with Crippen molar-refractivity contribution in [2.45, 2.75) is 37.8 Å². The number of nitrogens with zero attached hydrogens (tertiary/aromatic N) is 1. The fraction of sp³-hybridized carbons (Fsp3) is 0.216. The molecule has 4 aromatic carbocycles. The van der Waals surface area contributed by atoms with Crippen LogP contribution >= 0.6 is 23.2 Å². The summed E-state index contributed by atoms with van der Waals surface area (Å²) in [7, 11) is 0. The van der Waals surface area contributed by atoms with Gasteiger partial charge in [-0.05, 0) is 64.9 Å². The van der Waals surface area contributed by atoms with E-state index in [4.69, 9.17) is 23.2 Å². The summed E-state index contributed by atoms with van der Waals surface area (Å²) in [4.78, 5) is 46.2. The zero-order valence-corrected chi connectivity index (χ0v) is 25.8. The van der Waals surface area contributed by atoms with Gasteiger partial charge in [-0.3, -0.25) is 14.4 Å². The highest BCUT2D eigenvalue weighted by Crippen LogP contribution is 2.62. The van der Waals surface area contributed by atoms with Crippen molar-refractivity contribution in [2.24, 2.45) is 11.8 Å². The topological polar surface area (TPSA) is 66.5 Å². The molecule has 1 amide bonds. The normalized spacial score (nSPS) is 23.0. The molecular weight excluding hydrogens is 591 g/mol. The van der Waals surface area contributed by atoms with E-state index in [1.165, 1.54) is 6.07 Å². The first-order valence-electron chi connectivity index (χ1n) is 14.8. The number of anilines is 1. The lowest BCUT2D eigenvalue weighted by molar-refractivity contribution is -0.122. The molecule has 3 heterocycles. The molecule has 4 aromatic rings. The number of carbonyl (C=O) groups excluding carboxylic acids is 3. The van der Waals surface area contributed by atoms with Crippen LogP contribution in [0.3, 0.4) is 0 Å². The first-order chi connectivity index (χ1) is 21.2. The van der Waals surface area contributed by atoms with Gasteiger partial charge in [0, 0.05) is 28.0 Å². The van der Waals surface area contributed by atoms with E-state index in [-0.39, 0.29) is 28.1 Å². The van der Waals surface area contributed by atoms with Gasteiger partial charge in [-0.25, -0.2) is 0 Å². The Morgan fingerprint density at radius 2 is 1.64 bits per heavy atom. The van der Waals surface area contributed by atoms with Gasteiger partial charge in [0.15, 0.2) is 11.6 Å². The minimum absolute atomic E-state index is 0.196.